The van der Waals surface area contributed by atoms with Crippen molar-refractivity contribution < 1.29 is 48.4 Å². The lowest BCUT2D eigenvalue weighted by molar-refractivity contribution is -0.201. The number of hydrogen-bond acceptors (Lipinski definition) is 10. The Kier molecular flexibility index (Phi) is 9.73. The van der Waals surface area contributed by atoms with Crippen LogP contribution in [-0.4, -0.2) is 87.3 Å². The summed E-state index contributed by atoms with van der Waals surface area (Å²) < 4.78 is 18.6. The molecule has 7 aliphatic carbocycles. The number of nitrogens with one attached hydrogen (secondary N) is 3. The molecule has 8 aliphatic rings. The fourth-order valence-corrected chi connectivity index (χ4v) is 12.7. The Bertz CT molecular complexity index is 1950. The number of amides is 3. The van der Waals surface area contributed by atoms with Crippen LogP contribution >= 0.6 is 0 Å². The summed E-state index contributed by atoms with van der Waals surface area (Å²) in [6, 6.07) is 6.40. The third-order valence-electron chi connectivity index (χ3n) is 15.0. The molecular weight excluding hydrogens is 743 g/mol. The predicted molar refractivity (Wildman–Crippen MR) is 211 cm³/mol. The molecule has 2 bridgehead atoms. The van der Waals surface area contributed by atoms with E-state index in [4.69, 9.17) is 14.2 Å². The molecular formula is C45H59N3O10. The monoisotopic (exact) mass is 801 g/mol. The summed E-state index contributed by atoms with van der Waals surface area (Å²) in [6.07, 6.45) is 8.31. The van der Waals surface area contributed by atoms with Gasteiger partial charge in [-0.1, -0.05) is 49.8 Å². The molecule has 58 heavy (non-hydrogen) atoms. The number of hydrogen-bond donors (Lipinski definition) is 5. The van der Waals surface area contributed by atoms with Crippen LogP contribution in [0, 0.1) is 34.0 Å². The average molecular weight is 802 g/mol. The van der Waals surface area contributed by atoms with Crippen molar-refractivity contribution in [1.29, 1.82) is 0 Å². The van der Waals surface area contributed by atoms with Gasteiger partial charge in [0.05, 0.1) is 12.2 Å². The highest BCUT2D eigenvalue weighted by atomic mass is 16.7. The highest BCUT2D eigenvalue weighted by Gasteiger charge is 2.76. The molecule has 0 aromatic heterocycles. The number of rotatable bonds is 10. The minimum atomic E-state index is -1.41. The lowest BCUT2D eigenvalue weighted by Crippen LogP contribution is -2.76. The van der Waals surface area contributed by atoms with Crippen LogP contribution < -0.4 is 16.0 Å². The Balaban J connectivity index is 0.870. The maximum absolute atomic E-state index is 13.9. The number of carbonyl (C=O) groups is 5. The molecule has 1 saturated heterocycles. The van der Waals surface area contributed by atoms with Gasteiger partial charge in [0.2, 0.25) is 11.8 Å². The molecule has 1 heterocycles. The van der Waals surface area contributed by atoms with E-state index in [1.165, 1.54) is 6.92 Å². The fraction of sp³-hybridized carbons (Fsp3) is 0.667. The molecule has 0 unspecified atom stereocenters. The van der Waals surface area contributed by atoms with Gasteiger partial charge in [0.15, 0.2) is 23.5 Å². The van der Waals surface area contributed by atoms with Gasteiger partial charge in [-0.05, 0) is 121 Å². The largest absolute Gasteiger partial charge is 0.444 e. The summed E-state index contributed by atoms with van der Waals surface area (Å²) in [4.78, 5) is 63.9. The second-order valence-electron chi connectivity index (χ2n) is 20.2. The molecule has 1 aliphatic heterocycles. The van der Waals surface area contributed by atoms with E-state index in [0.29, 0.717) is 12.8 Å². The second kappa shape index (κ2) is 13.8. The molecule has 6 saturated carbocycles. The van der Waals surface area contributed by atoms with Gasteiger partial charge in [0, 0.05) is 27.9 Å². The zero-order valence-electron chi connectivity index (χ0n) is 34.7. The van der Waals surface area contributed by atoms with E-state index in [1.807, 2.05) is 25.1 Å². The van der Waals surface area contributed by atoms with Crippen molar-refractivity contribution in [2.24, 2.45) is 34.0 Å². The molecule has 5 N–H and O–H groups in total. The predicted octanol–water partition coefficient (Wildman–Crippen LogP) is 4.29. The van der Waals surface area contributed by atoms with Crippen molar-refractivity contribution in [3.05, 3.63) is 59.2 Å². The molecule has 1 aromatic rings. The maximum Gasteiger partial charge on any atom is 0.408 e. The first-order chi connectivity index (χ1) is 27.2. The number of alkyl carbamates (subject to hydrolysis) is 1. The molecule has 9 rings (SSSR count). The number of carbonyl (C=O) groups excluding carboxylic acids is 5. The van der Waals surface area contributed by atoms with Crippen LogP contribution in [0.4, 0.5) is 4.79 Å². The minimum absolute atomic E-state index is 0.0161. The molecule has 0 spiro atoms. The summed E-state index contributed by atoms with van der Waals surface area (Å²) in [5.41, 5.74) is -0.527. The summed E-state index contributed by atoms with van der Waals surface area (Å²) in [7, 11) is 0. The van der Waals surface area contributed by atoms with Crippen LogP contribution in [-0.2, 0) is 39.8 Å². The van der Waals surface area contributed by atoms with Gasteiger partial charge in [0.1, 0.15) is 24.3 Å². The molecule has 3 amide bonds. The Hall–Kier alpha value is -3.91. The number of aliphatic hydroxyl groups excluding tert-OH is 2. The standard InChI is InChI=1S/C45H59N3O10/c1-24(47-39(55)58-40(3,4)5)36(53)46-25(2)37(54)48-44-21-43(22-44,23-44)18-26-8-10-27(11-9-26)38-56-34-17-31-30-13-12-28-16-29(50)14-15-41(28,6)35(30)32(51)19-42(31,7)45(34,57-38)33(52)20-49/h8-11,14-16,24-25,30-32,34-35,38,49,51H,12-13,17-23H2,1-7H3,(H,46,53)(H,47,55)(H,48,54)/t24-,25-,30-,31-,32-,34+,35+,38+,41-,42-,43?,44?,45+/m0/s1. The Morgan fingerprint density at radius 2 is 1.67 bits per heavy atom. The number of Topliss-reactive ketones (excluding diaryl/α,β-unsaturated/α-hetero) is 1. The zero-order chi connectivity index (χ0) is 41.8. The molecule has 11 atom stereocenters. The third-order valence-corrected chi connectivity index (χ3v) is 15.0. The molecule has 1 aromatic carbocycles. The lowest BCUT2D eigenvalue weighted by atomic mass is 9.38. The normalized spacial score (nSPS) is 40.2. The highest BCUT2D eigenvalue weighted by Crippen LogP contribution is 2.71. The summed E-state index contributed by atoms with van der Waals surface area (Å²) in [5.74, 6) is -1.17. The maximum atomic E-state index is 13.9. The van der Waals surface area contributed by atoms with E-state index in [2.05, 4.69) is 35.0 Å². The Labute approximate surface area is 340 Å². The fourth-order valence-electron chi connectivity index (χ4n) is 12.7. The van der Waals surface area contributed by atoms with Crippen molar-refractivity contribution >= 4 is 29.5 Å². The van der Waals surface area contributed by atoms with Gasteiger partial charge < -0.3 is 40.4 Å². The van der Waals surface area contributed by atoms with Crippen LogP contribution in [0.5, 0.6) is 0 Å². The van der Waals surface area contributed by atoms with Crippen LogP contribution in [0.15, 0.2) is 48.1 Å². The van der Waals surface area contributed by atoms with Crippen LogP contribution in [0.25, 0.3) is 0 Å². The van der Waals surface area contributed by atoms with Crippen molar-refractivity contribution in [3.8, 4) is 0 Å². The van der Waals surface area contributed by atoms with Crippen molar-refractivity contribution in [1.82, 2.24) is 16.0 Å². The molecule has 7 fully saturated rings. The van der Waals surface area contributed by atoms with E-state index in [9.17, 15) is 34.2 Å². The van der Waals surface area contributed by atoms with E-state index in [1.54, 1.807) is 39.8 Å². The topological polar surface area (TPSA) is 190 Å². The number of ether oxygens (including phenoxy) is 3. The van der Waals surface area contributed by atoms with Crippen molar-refractivity contribution in [3.63, 3.8) is 0 Å². The second-order valence-corrected chi connectivity index (χ2v) is 20.2. The summed E-state index contributed by atoms with van der Waals surface area (Å²) in [5, 5.41) is 30.6. The molecule has 13 nitrogen and oxygen atoms in total. The quantitative estimate of drug-likeness (QED) is 0.228. The lowest BCUT2D eigenvalue weighted by Gasteiger charge is -2.71. The number of fused-ring (bicyclic) bond motifs is 7. The molecule has 314 valence electrons. The van der Waals surface area contributed by atoms with Gasteiger partial charge in [0.25, 0.3) is 0 Å². The summed E-state index contributed by atoms with van der Waals surface area (Å²) in [6.45, 7) is 11.8. The Morgan fingerprint density at radius 3 is 2.33 bits per heavy atom. The Morgan fingerprint density at radius 1 is 1.00 bits per heavy atom. The van der Waals surface area contributed by atoms with Gasteiger partial charge >= 0.3 is 6.09 Å². The average Bonchev–Trinajstić information content (AvgIpc) is 3.62. The van der Waals surface area contributed by atoms with Gasteiger partial charge in [-0.2, -0.15) is 0 Å². The molecule has 0 radical (unpaired) electrons. The first kappa shape index (κ1) is 40.9. The SMILES string of the molecule is C[C@H](NC(=O)OC(C)(C)C)C(=O)N[C@@H](C)C(=O)NC12CC(Cc3ccc([C@@H]4O[C@@H]5C[C@H]6[C@@H]7CCC8=CC(=O)C=C[C@]8(C)[C@H]7[C@@H](O)C[C@]6(C)[C@]5(C(=O)CO)O4)cc3)(C1)C2. The number of ketones is 2. The third kappa shape index (κ3) is 6.46. The number of allylic oxidation sites excluding steroid dienone is 4. The number of aliphatic hydroxyl groups is 2. The van der Waals surface area contributed by atoms with Crippen molar-refractivity contribution in [2.75, 3.05) is 6.61 Å². The van der Waals surface area contributed by atoms with E-state index >= 15 is 0 Å². The smallest absolute Gasteiger partial charge is 0.408 e. The van der Waals surface area contributed by atoms with Crippen LogP contribution in [0.1, 0.15) is 111 Å². The summed E-state index contributed by atoms with van der Waals surface area (Å²) >= 11 is 0. The first-order valence-electron chi connectivity index (χ1n) is 21.0. The van der Waals surface area contributed by atoms with Gasteiger partial charge in [-0.25, -0.2) is 4.79 Å². The van der Waals surface area contributed by atoms with E-state index in [0.717, 1.165) is 55.2 Å². The van der Waals surface area contributed by atoms with Crippen LogP contribution in [0.3, 0.4) is 0 Å². The van der Waals surface area contributed by atoms with Gasteiger partial charge in [-0.15, -0.1) is 0 Å². The first-order valence-corrected chi connectivity index (χ1v) is 21.0. The van der Waals surface area contributed by atoms with Crippen molar-refractivity contribution in [2.45, 2.75) is 147 Å². The molecule has 13 heteroatoms. The minimum Gasteiger partial charge on any atom is -0.444 e. The number of benzene rings is 1. The highest BCUT2D eigenvalue weighted by molar-refractivity contribution is 6.01. The van der Waals surface area contributed by atoms with E-state index < -0.39 is 77.0 Å². The van der Waals surface area contributed by atoms with Crippen LogP contribution in [0.2, 0.25) is 0 Å². The zero-order valence-corrected chi connectivity index (χ0v) is 34.7. The van der Waals surface area contributed by atoms with E-state index in [-0.39, 0.29) is 40.4 Å². The van der Waals surface area contributed by atoms with Gasteiger partial charge in [-0.3, -0.25) is 19.2 Å².